The molecule has 1 amide bonds. The SMILES string of the molecule is O=C(O)C(F)(F)F.O=C(O)C(F)(F)F.O=C(c1ccccn1)N1CCC2OCCCC2(COc2cccnc2)C1. The third kappa shape index (κ3) is 9.66. The Morgan fingerprint density at radius 2 is 1.68 bits per heavy atom. The largest absolute Gasteiger partial charge is 0.491 e. The number of aliphatic carboxylic acids is 2. The summed E-state index contributed by atoms with van der Waals surface area (Å²) in [5.41, 5.74) is 0.308. The number of hydrogen-bond acceptors (Lipinski definition) is 7. The first-order chi connectivity index (χ1) is 18.7. The van der Waals surface area contributed by atoms with E-state index in [0.717, 1.165) is 31.6 Å². The smallest absolute Gasteiger partial charge is 0.490 e. The molecule has 0 radical (unpaired) electrons. The number of alkyl halides is 6. The minimum Gasteiger partial charge on any atom is -0.491 e. The maximum absolute atomic E-state index is 12.9. The summed E-state index contributed by atoms with van der Waals surface area (Å²) in [5, 5.41) is 14.2. The Morgan fingerprint density at radius 3 is 2.20 bits per heavy atom. The van der Waals surface area contributed by atoms with E-state index in [1.54, 1.807) is 24.7 Å². The van der Waals surface area contributed by atoms with Crippen molar-refractivity contribution >= 4 is 17.8 Å². The fourth-order valence-electron chi connectivity index (χ4n) is 3.99. The van der Waals surface area contributed by atoms with Crippen molar-refractivity contribution in [3.63, 3.8) is 0 Å². The number of nitrogens with zero attached hydrogens (tertiary/aromatic N) is 3. The quantitative estimate of drug-likeness (QED) is 0.516. The van der Waals surface area contributed by atoms with Crippen molar-refractivity contribution in [3.8, 4) is 5.75 Å². The Hall–Kier alpha value is -3.95. The first-order valence-electron chi connectivity index (χ1n) is 11.6. The molecule has 4 rings (SSSR count). The van der Waals surface area contributed by atoms with Crippen molar-refractivity contribution in [1.29, 1.82) is 0 Å². The molecule has 0 spiro atoms. The summed E-state index contributed by atoms with van der Waals surface area (Å²) in [6.07, 6.45) is -2.14. The topological polar surface area (TPSA) is 139 Å². The molecule has 2 aliphatic rings. The van der Waals surface area contributed by atoms with Crippen molar-refractivity contribution in [2.45, 2.75) is 37.7 Å². The molecule has 16 heteroatoms. The van der Waals surface area contributed by atoms with Crippen molar-refractivity contribution in [1.82, 2.24) is 14.9 Å². The van der Waals surface area contributed by atoms with Crippen molar-refractivity contribution < 1.29 is 60.4 Å². The molecule has 2 fully saturated rings. The summed E-state index contributed by atoms with van der Waals surface area (Å²) in [5.74, 6) is -4.78. The molecule has 220 valence electrons. The second kappa shape index (κ2) is 13.9. The first kappa shape index (κ1) is 32.3. The molecule has 2 N–H and O–H groups in total. The van der Waals surface area contributed by atoms with E-state index in [9.17, 15) is 31.1 Å². The summed E-state index contributed by atoms with van der Waals surface area (Å²) >= 11 is 0. The maximum Gasteiger partial charge on any atom is 0.490 e. The van der Waals surface area contributed by atoms with Gasteiger partial charge in [-0.25, -0.2) is 9.59 Å². The molecule has 0 saturated carbocycles. The zero-order valence-corrected chi connectivity index (χ0v) is 20.7. The zero-order chi connectivity index (χ0) is 30.0. The number of fused-ring (bicyclic) bond motifs is 1. The molecule has 2 aromatic rings. The van der Waals surface area contributed by atoms with Gasteiger partial charge in [0.25, 0.3) is 5.91 Å². The second-order valence-electron chi connectivity index (χ2n) is 8.64. The van der Waals surface area contributed by atoms with Crippen LogP contribution in [0, 0.1) is 5.41 Å². The molecular weight excluding hydrogens is 556 g/mol. The van der Waals surface area contributed by atoms with Gasteiger partial charge in [0.2, 0.25) is 0 Å². The lowest BCUT2D eigenvalue weighted by molar-refractivity contribution is -0.193. The lowest BCUT2D eigenvalue weighted by Crippen LogP contribution is -2.58. The summed E-state index contributed by atoms with van der Waals surface area (Å²) < 4.78 is 75.6. The van der Waals surface area contributed by atoms with Gasteiger partial charge in [0.1, 0.15) is 11.4 Å². The van der Waals surface area contributed by atoms with E-state index < -0.39 is 24.3 Å². The third-order valence-electron chi connectivity index (χ3n) is 5.80. The highest BCUT2D eigenvalue weighted by molar-refractivity contribution is 5.92. The number of hydrogen-bond donors (Lipinski definition) is 2. The lowest BCUT2D eigenvalue weighted by Gasteiger charge is -2.50. The van der Waals surface area contributed by atoms with Crippen LogP contribution >= 0.6 is 0 Å². The molecule has 10 nitrogen and oxygen atoms in total. The molecule has 0 aromatic carbocycles. The van der Waals surface area contributed by atoms with Gasteiger partial charge in [-0.3, -0.25) is 14.8 Å². The van der Waals surface area contributed by atoms with Gasteiger partial charge in [0.05, 0.1) is 18.9 Å². The highest BCUT2D eigenvalue weighted by Gasteiger charge is 2.48. The van der Waals surface area contributed by atoms with E-state index in [2.05, 4.69) is 9.97 Å². The number of piperidine rings is 1. The maximum atomic E-state index is 12.9. The number of ether oxygens (including phenoxy) is 2. The summed E-state index contributed by atoms with van der Waals surface area (Å²) in [6.45, 7) is 2.63. The van der Waals surface area contributed by atoms with Crippen LogP contribution in [0.15, 0.2) is 48.9 Å². The van der Waals surface area contributed by atoms with Crippen LogP contribution < -0.4 is 4.74 Å². The van der Waals surface area contributed by atoms with Crippen LogP contribution in [0.25, 0.3) is 0 Å². The number of halogens is 6. The van der Waals surface area contributed by atoms with Gasteiger partial charge < -0.3 is 24.6 Å². The van der Waals surface area contributed by atoms with E-state index in [0.29, 0.717) is 25.4 Å². The lowest BCUT2D eigenvalue weighted by atomic mass is 9.73. The predicted molar refractivity (Wildman–Crippen MR) is 123 cm³/mol. The number of amides is 1. The Morgan fingerprint density at radius 1 is 1.02 bits per heavy atom. The van der Waals surface area contributed by atoms with Gasteiger partial charge in [-0.1, -0.05) is 6.07 Å². The fraction of sp³-hybridized carbons (Fsp3) is 0.458. The second-order valence-corrected chi connectivity index (χ2v) is 8.64. The number of likely N-dealkylation sites (tertiary alicyclic amines) is 1. The Labute approximate surface area is 223 Å². The highest BCUT2D eigenvalue weighted by Crippen LogP contribution is 2.41. The molecule has 40 heavy (non-hydrogen) atoms. The summed E-state index contributed by atoms with van der Waals surface area (Å²) in [7, 11) is 0. The zero-order valence-electron chi connectivity index (χ0n) is 20.7. The molecule has 4 heterocycles. The number of carboxylic acid groups (broad SMARTS) is 2. The predicted octanol–water partition coefficient (Wildman–Crippen LogP) is 3.83. The standard InChI is InChI=1S/C20H23N3O3.2C2HF3O2/c24-19(17-6-1-2-10-22-17)23-11-7-18-20(14-23,8-4-12-25-18)15-26-16-5-3-9-21-13-16;2*3-2(4,5)1(6)7/h1-3,5-6,9-10,13,18H,4,7-8,11-12,14-15H2;2*(H,6,7). The van der Waals surface area contributed by atoms with Crippen LogP contribution in [-0.2, 0) is 14.3 Å². The van der Waals surface area contributed by atoms with Crippen molar-refractivity contribution in [2.24, 2.45) is 5.41 Å². The van der Waals surface area contributed by atoms with Crippen molar-refractivity contribution in [3.05, 3.63) is 54.6 Å². The average molecular weight is 581 g/mol. The number of rotatable bonds is 4. The van der Waals surface area contributed by atoms with Gasteiger partial charge in [-0.15, -0.1) is 0 Å². The fourth-order valence-corrected chi connectivity index (χ4v) is 3.99. The first-order valence-corrected chi connectivity index (χ1v) is 11.6. The molecule has 2 aliphatic heterocycles. The monoisotopic (exact) mass is 581 g/mol. The molecule has 2 saturated heterocycles. The molecule has 0 bridgehead atoms. The summed E-state index contributed by atoms with van der Waals surface area (Å²) in [6, 6.07) is 9.20. The minimum atomic E-state index is -5.08. The number of pyridine rings is 2. The number of aromatic nitrogens is 2. The van der Waals surface area contributed by atoms with Gasteiger partial charge in [0.15, 0.2) is 0 Å². The van der Waals surface area contributed by atoms with E-state index >= 15 is 0 Å². The Kier molecular flexibility index (Phi) is 11.2. The molecule has 2 unspecified atom stereocenters. The molecule has 2 atom stereocenters. The Balaban J connectivity index is 0.000000333. The highest BCUT2D eigenvalue weighted by atomic mass is 19.4. The van der Waals surface area contributed by atoms with Gasteiger partial charge in [-0.05, 0) is 43.5 Å². The van der Waals surface area contributed by atoms with Crippen LogP contribution in [0.5, 0.6) is 5.75 Å². The van der Waals surface area contributed by atoms with Gasteiger partial charge >= 0.3 is 24.3 Å². The number of carbonyl (C=O) groups is 3. The summed E-state index contributed by atoms with van der Waals surface area (Å²) in [4.78, 5) is 40.9. The molecular formula is C24H25F6N3O7. The van der Waals surface area contributed by atoms with Gasteiger partial charge in [0, 0.05) is 37.5 Å². The van der Waals surface area contributed by atoms with E-state index in [1.165, 1.54) is 0 Å². The van der Waals surface area contributed by atoms with Crippen LogP contribution in [0.1, 0.15) is 29.8 Å². The molecule has 0 aliphatic carbocycles. The van der Waals surface area contributed by atoms with Crippen LogP contribution in [0.4, 0.5) is 26.3 Å². The van der Waals surface area contributed by atoms with E-state index in [-0.39, 0.29) is 17.4 Å². The molecule has 2 aromatic heterocycles. The third-order valence-corrected chi connectivity index (χ3v) is 5.80. The Bertz CT molecular complexity index is 1100. The number of carboxylic acids is 2. The van der Waals surface area contributed by atoms with Crippen LogP contribution in [-0.4, -0.2) is 87.7 Å². The number of carbonyl (C=O) groups excluding carboxylic acids is 1. The van der Waals surface area contributed by atoms with E-state index in [4.69, 9.17) is 29.3 Å². The van der Waals surface area contributed by atoms with E-state index in [1.807, 2.05) is 29.2 Å². The average Bonchev–Trinajstić information content (AvgIpc) is 2.92. The van der Waals surface area contributed by atoms with Gasteiger partial charge in [-0.2, -0.15) is 26.3 Å². The van der Waals surface area contributed by atoms with Crippen molar-refractivity contribution in [2.75, 3.05) is 26.3 Å². The van der Waals surface area contributed by atoms with Crippen LogP contribution in [0.3, 0.4) is 0 Å². The normalized spacial score (nSPS) is 20.4. The van der Waals surface area contributed by atoms with Crippen LogP contribution in [0.2, 0.25) is 0 Å². The minimum absolute atomic E-state index is 0.0182.